The third kappa shape index (κ3) is 3.96. The summed E-state index contributed by atoms with van der Waals surface area (Å²) in [5.74, 6) is -0.377. The molecule has 0 unspecified atom stereocenters. The van der Waals surface area contributed by atoms with E-state index in [0.717, 1.165) is 17.7 Å². The first-order chi connectivity index (χ1) is 12.7. The van der Waals surface area contributed by atoms with E-state index < -0.39 is 19.9 Å². The first-order valence-electron chi connectivity index (χ1n) is 7.93. The van der Waals surface area contributed by atoms with Crippen LogP contribution in [0.4, 0.5) is 5.69 Å². The summed E-state index contributed by atoms with van der Waals surface area (Å²) < 4.78 is 52.7. The zero-order valence-electron chi connectivity index (χ0n) is 14.3. The van der Waals surface area contributed by atoms with E-state index in [1.165, 1.54) is 30.3 Å². The minimum atomic E-state index is -3.98. The lowest BCUT2D eigenvalue weighted by Gasteiger charge is -2.12. The Balaban J connectivity index is 2.00. The van der Waals surface area contributed by atoms with Crippen molar-refractivity contribution in [2.75, 3.05) is 4.72 Å². The van der Waals surface area contributed by atoms with Crippen molar-refractivity contribution in [1.82, 2.24) is 0 Å². The summed E-state index contributed by atoms with van der Waals surface area (Å²) in [5, 5.41) is 10.0. The van der Waals surface area contributed by atoms with Gasteiger partial charge in [-0.3, -0.25) is 4.72 Å². The topological polar surface area (TPSA) is 101 Å². The molecule has 27 heavy (non-hydrogen) atoms. The van der Waals surface area contributed by atoms with Crippen LogP contribution in [0.25, 0.3) is 0 Å². The van der Waals surface area contributed by atoms with Crippen molar-refractivity contribution in [3.63, 3.8) is 0 Å². The maximum atomic E-state index is 12.7. The normalized spacial score (nSPS) is 11.9. The first-order valence-corrected chi connectivity index (χ1v) is 10.9. The highest BCUT2D eigenvalue weighted by Gasteiger charge is 2.21. The van der Waals surface area contributed by atoms with Crippen LogP contribution in [0.2, 0.25) is 0 Å². The van der Waals surface area contributed by atoms with Crippen LogP contribution < -0.4 is 4.72 Å². The van der Waals surface area contributed by atoms with Crippen molar-refractivity contribution in [3.05, 3.63) is 78.4 Å². The number of rotatable bonds is 5. The number of phenols is 1. The first kappa shape index (κ1) is 18.9. The number of hydrogen-bond donors (Lipinski definition) is 2. The molecule has 0 amide bonds. The molecule has 0 aliphatic rings. The number of sulfone groups is 1. The molecule has 3 aromatic carbocycles. The molecular weight excluding hydrogens is 386 g/mol. The molecule has 0 saturated heterocycles. The Morgan fingerprint density at radius 1 is 0.741 bits per heavy atom. The molecule has 0 aliphatic carbocycles. The lowest BCUT2D eigenvalue weighted by Crippen LogP contribution is -2.13. The monoisotopic (exact) mass is 403 g/mol. The van der Waals surface area contributed by atoms with Crippen LogP contribution in [-0.2, 0) is 19.9 Å². The molecule has 0 aliphatic heterocycles. The van der Waals surface area contributed by atoms with Crippen molar-refractivity contribution in [1.29, 1.82) is 0 Å². The fourth-order valence-electron chi connectivity index (χ4n) is 2.42. The smallest absolute Gasteiger partial charge is 0.262 e. The van der Waals surface area contributed by atoms with Gasteiger partial charge in [0.2, 0.25) is 9.84 Å². The molecule has 0 aromatic heterocycles. The number of anilines is 1. The Hall–Kier alpha value is -2.84. The van der Waals surface area contributed by atoms with Gasteiger partial charge in [0, 0.05) is 0 Å². The van der Waals surface area contributed by atoms with Crippen LogP contribution in [0.5, 0.6) is 5.75 Å². The van der Waals surface area contributed by atoms with Crippen molar-refractivity contribution < 1.29 is 21.9 Å². The quantitative estimate of drug-likeness (QED) is 0.637. The maximum absolute atomic E-state index is 12.7. The Morgan fingerprint density at radius 2 is 1.33 bits per heavy atom. The van der Waals surface area contributed by atoms with Gasteiger partial charge in [-0.15, -0.1) is 0 Å². The third-order valence-corrected chi connectivity index (χ3v) is 7.06. The van der Waals surface area contributed by atoms with E-state index in [4.69, 9.17) is 0 Å². The molecule has 8 heteroatoms. The van der Waals surface area contributed by atoms with Crippen LogP contribution in [0.15, 0.2) is 87.5 Å². The summed E-state index contributed by atoms with van der Waals surface area (Å²) in [4.78, 5) is -0.0556. The minimum Gasteiger partial charge on any atom is -0.506 e. The SMILES string of the molecule is Cc1ccc(S(=O)(=O)Nc2cc(S(=O)(=O)c3ccccc3)ccc2O)cc1. The highest BCUT2D eigenvalue weighted by atomic mass is 32.2. The van der Waals surface area contributed by atoms with Gasteiger partial charge in [-0.25, -0.2) is 16.8 Å². The van der Waals surface area contributed by atoms with Crippen molar-refractivity contribution in [2.45, 2.75) is 21.6 Å². The van der Waals surface area contributed by atoms with E-state index in [1.54, 1.807) is 30.3 Å². The fraction of sp³-hybridized carbons (Fsp3) is 0.0526. The summed E-state index contributed by atoms with van der Waals surface area (Å²) in [7, 11) is -7.83. The average molecular weight is 403 g/mol. The minimum absolute atomic E-state index is 0.00354. The van der Waals surface area contributed by atoms with E-state index in [-0.39, 0.29) is 26.1 Å². The van der Waals surface area contributed by atoms with Gasteiger partial charge >= 0.3 is 0 Å². The average Bonchev–Trinajstić information content (AvgIpc) is 2.64. The second-order valence-corrected chi connectivity index (χ2v) is 9.55. The summed E-state index contributed by atoms with van der Waals surface area (Å²) >= 11 is 0. The molecule has 0 saturated carbocycles. The van der Waals surface area contributed by atoms with E-state index in [0.29, 0.717) is 0 Å². The van der Waals surface area contributed by atoms with Crippen LogP contribution >= 0.6 is 0 Å². The van der Waals surface area contributed by atoms with Crippen molar-refractivity contribution >= 4 is 25.5 Å². The number of nitrogens with one attached hydrogen (secondary N) is 1. The lowest BCUT2D eigenvalue weighted by atomic mass is 10.2. The number of aryl methyl sites for hydroxylation is 1. The van der Waals surface area contributed by atoms with Gasteiger partial charge in [0.25, 0.3) is 10.0 Å². The number of phenolic OH excluding ortho intramolecular Hbond substituents is 1. The predicted molar refractivity (Wildman–Crippen MR) is 102 cm³/mol. The molecule has 3 aromatic rings. The van der Waals surface area contributed by atoms with Crippen molar-refractivity contribution in [3.8, 4) is 5.75 Å². The van der Waals surface area contributed by atoms with Gasteiger partial charge in [-0.2, -0.15) is 0 Å². The molecule has 140 valence electrons. The molecule has 0 heterocycles. The van der Waals surface area contributed by atoms with Gasteiger partial charge in [0.1, 0.15) is 5.75 Å². The Morgan fingerprint density at radius 3 is 1.96 bits per heavy atom. The lowest BCUT2D eigenvalue weighted by molar-refractivity contribution is 0.477. The largest absolute Gasteiger partial charge is 0.506 e. The molecular formula is C19H17NO5S2. The molecule has 0 radical (unpaired) electrons. The summed E-state index contributed by atoms with van der Waals surface area (Å²) in [6.45, 7) is 1.83. The summed E-state index contributed by atoms with van der Waals surface area (Å²) in [6.07, 6.45) is 0. The van der Waals surface area contributed by atoms with Gasteiger partial charge in [-0.1, -0.05) is 35.9 Å². The van der Waals surface area contributed by atoms with Crippen LogP contribution in [-0.4, -0.2) is 21.9 Å². The third-order valence-electron chi connectivity index (χ3n) is 3.91. The van der Waals surface area contributed by atoms with Gasteiger partial charge in [0.05, 0.1) is 20.4 Å². The van der Waals surface area contributed by atoms with Crippen LogP contribution in [0, 0.1) is 6.92 Å². The Bertz CT molecular complexity index is 1170. The number of sulfonamides is 1. The van der Waals surface area contributed by atoms with E-state index in [9.17, 15) is 21.9 Å². The second kappa shape index (κ2) is 7.05. The predicted octanol–water partition coefficient (Wildman–Crippen LogP) is 3.33. The van der Waals surface area contributed by atoms with Crippen LogP contribution in [0.1, 0.15) is 5.56 Å². The number of benzene rings is 3. The molecule has 2 N–H and O–H groups in total. The Kier molecular flexibility index (Phi) is 4.95. The van der Waals surface area contributed by atoms with Gasteiger partial charge in [0.15, 0.2) is 0 Å². The van der Waals surface area contributed by atoms with Crippen molar-refractivity contribution in [2.24, 2.45) is 0 Å². The molecule has 0 spiro atoms. The summed E-state index contributed by atoms with van der Waals surface area (Å²) in [5.41, 5.74) is 0.681. The van der Waals surface area contributed by atoms with Gasteiger partial charge < -0.3 is 5.11 Å². The molecule has 6 nitrogen and oxygen atoms in total. The second-order valence-electron chi connectivity index (χ2n) is 5.91. The summed E-state index contributed by atoms with van der Waals surface area (Å²) in [6, 6.07) is 17.4. The fourth-order valence-corrected chi connectivity index (χ4v) is 4.79. The van der Waals surface area contributed by atoms with Gasteiger partial charge in [-0.05, 0) is 49.4 Å². The molecule has 0 bridgehead atoms. The van der Waals surface area contributed by atoms with E-state index in [2.05, 4.69) is 4.72 Å². The van der Waals surface area contributed by atoms with Crippen LogP contribution in [0.3, 0.4) is 0 Å². The maximum Gasteiger partial charge on any atom is 0.262 e. The highest BCUT2D eigenvalue weighted by Crippen LogP contribution is 2.31. The number of aromatic hydroxyl groups is 1. The van der Waals surface area contributed by atoms with E-state index in [1.807, 2.05) is 6.92 Å². The zero-order chi connectivity index (χ0) is 19.7. The molecule has 0 atom stereocenters. The molecule has 0 fully saturated rings. The number of hydrogen-bond acceptors (Lipinski definition) is 5. The van der Waals surface area contributed by atoms with E-state index >= 15 is 0 Å². The molecule has 3 rings (SSSR count). The Labute approximate surface area is 158 Å². The highest BCUT2D eigenvalue weighted by molar-refractivity contribution is 7.92. The standard InChI is InChI=1S/C19H17NO5S2/c1-14-7-9-16(10-8-14)27(24,25)20-18-13-17(11-12-19(18)21)26(22,23)15-5-3-2-4-6-15/h2-13,20-21H,1H3. The zero-order valence-corrected chi connectivity index (χ0v) is 16.0.